The number of hydrogen-bond acceptors (Lipinski definition) is 1. The molecule has 2 unspecified atom stereocenters. The van der Waals surface area contributed by atoms with Crippen LogP contribution >= 0.6 is 0 Å². The number of ether oxygens (including phenoxy) is 1. The lowest BCUT2D eigenvalue weighted by molar-refractivity contribution is 0.107. The van der Waals surface area contributed by atoms with Crippen molar-refractivity contribution in [3.63, 3.8) is 0 Å². The Morgan fingerprint density at radius 1 is 1.12 bits per heavy atom. The summed E-state index contributed by atoms with van der Waals surface area (Å²) in [6.07, 6.45) is 13.4. The van der Waals surface area contributed by atoms with E-state index in [-0.39, 0.29) is 0 Å². The maximum Gasteiger partial charge on any atom is 0.0543 e. The standard InChI is InChI=1S/C16H30O/c1-13(5-9-15(3)17-4)6-10-16-11-7-14(2)8-12-16/h6,10,13-16H,5,7-9,11-12H2,1-4H3/b10-6+. The fourth-order valence-corrected chi connectivity index (χ4v) is 2.54. The van der Waals surface area contributed by atoms with E-state index in [0.717, 1.165) is 11.8 Å². The zero-order chi connectivity index (χ0) is 12.7. The van der Waals surface area contributed by atoms with Gasteiger partial charge in [0.1, 0.15) is 0 Å². The van der Waals surface area contributed by atoms with Gasteiger partial charge in [0.05, 0.1) is 6.10 Å². The second-order valence-corrected chi connectivity index (χ2v) is 6.01. The predicted octanol–water partition coefficient (Wildman–Crippen LogP) is 4.82. The molecular formula is C16H30O. The molecule has 0 aromatic rings. The Morgan fingerprint density at radius 2 is 1.76 bits per heavy atom. The summed E-state index contributed by atoms with van der Waals surface area (Å²) in [6, 6.07) is 0. The quantitative estimate of drug-likeness (QED) is 0.603. The topological polar surface area (TPSA) is 9.23 Å². The van der Waals surface area contributed by atoms with E-state index >= 15 is 0 Å². The number of methoxy groups -OCH3 is 1. The van der Waals surface area contributed by atoms with Gasteiger partial charge in [0.25, 0.3) is 0 Å². The molecule has 1 fully saturated rings. The molecule has 0 amide bonds. The van der Waals surface area contributed by atoms with Crippen molar-refractivity contribution in [1.82, 2.24) is 0 Å². The van der Waals surface area contributed by atoms with Gasteiger partial charge in [-0.2, -0.15) is 0 Å². The normalized spacial score (nSPS) is 29.4. The molecular weight excluding hydrogens is 208 g/mol. The molecule has 1 heteroatoms. The fraction of sp³-hybridized carbons (Fsp3) is 0.875. The average molecular weight is 238 g/mol. The number of rotatable bonds is 6. The highest BCUT2D eigenvalue weighted by Gasteiger charge is 2.15. The third-order valence-electron chi connectivity index (χ3n) is 4.20. The molecule has 0 spiro atoms. The summed E-state index contributed by atoms with van der Waals surface area (Å²) >= 11 is 0. The van der Waals surface area contributed by atoms with Crippen LogP contribution < -0.4 is 0 Å². The van der Waals surface area contributed by atoms with Gasteiger partial charge in [0.2, 0.25) is 0 Å². The first-order valence-corrected chi connectivity index (χ1v) is 7.33. The molecule has 1 saturated carbocycles. The maximum atomic E-state index is 5.28. The van der Waals surface area contributed by atoms with Crippen molar-refractivity contribution < 1.29 is 4.74 Å². The largest absolute Gasteiger partial charge is 0.382 e. The van der Waals surface area contributed by atoms with Crippen LogP contribution in [0.4, 0.5) is 0 Å². The minimum atomic E-state index is 0.404. The first kappa shape index (κ1) is 14.8. The molecule has 2 atom stereocenters. The van der Waals surface area contributed by atoms with E-state index in [0.29, 0.717) is 12.0 Å². The molecule has 0 aliphatic heterocycles. The summed E-state index contributed by atoms with van der Waals surface area (Å²) < 4.78 is 5.28. The Hall–Kier alpha value is -0.300. The van der Waals surface area contributed by atoms with Crippen molar-refractivity contribution in [2.75, 3.05) is 7.11 Å². The summed E-state index contributed by atoms with van der Waals surface area (Å²) in [4.78, 5) is 0. The van der Waals surface area contributed by atoms with Crippen molar-refractivity contribution in [2.24, 2.45) is 17.8 Å². The molecule has 0 radical (unpaired) electrons. The highest BCUT2D eigenvalue weighted by Crippen LogP contribution is 2.29. The monoisotopic (exact) mass is 238 g/mol. The van der Waals surface area contributed by atoms with E-state index < -0.39 is 0 Å². The van der Waals surface area contributed by atoms with Gasteiger partial charge in [-0.15, -0.1) is 0 Å². The zero-order valence-corrected chi connectivity index (χ0v) is 12.1. The Labute approximate surface area is 108 Å². The second kappa shape index (κ2) is 7.92. The third kappa shape index (κ3) is 6.26. The van der Waals surface area contributed by atoms with Crippen LogP contribution in [0.2, 0.25) is 0 Å². The molecule has 1 nitrogen and oxygen atoms in total. The summed E-state index contributed by atoms with van der Waals surface area (Å²) in [6.45, 7) is 6.86. The van der Waals surface area contributed by atoms with Crippen LogP contribution in [0, 0.1) is 17.8 Å². The van der Waals surface area contributed by atoms with Crippen LogP contribution in [-0.4, -0.2) is 13.2 Å². The minimum absolute atomic E-state index is 0.404. The molecule has 0 N–H and O–H groups in total. The van der Waals surface area contributed by atoms with E-state index in [4.69, 9.17) is 4.74 Å². The molecule has 0 aromatic carbocycles. The van der Waals surface area contributed by atoms with E-state index in [2.05, 4.69) is 32.9 Å². The average Bonchev–Trinajstić information content (AvgIpc) is 2.35. The van der Waals surface area contributed by atoms with Crippen molar-refractivity contribution >= 4 is 0 Å². The molecule has 1 aliphatic rings. The van der Waals surface area contributed by atoms with E-state index in [9.17, 15) is 0 Å². The van der Waals surface area contributed by atoms with Crippen LogP contribution in [0.3, 0.4) is 0 Å². The van der Waals surface area contributed by atoms with Gasteiger partial charge in [0.15, 0.2) is 0 Å². The van der Waals surface area contributed by atoms with Crippen LogP contribution in [0.25, 0.3) is 0 Å². The summed E-state index contributed by atoms with van der Waals surface area (Å²) in [7, 11) is 1.80. The summed E-state index contributed by atoms with van der Waals surface area (Å²) in [5, 5.41) is 0. The summed E-state index contributed by atoms with van der Waals surface area (Å²) in [5.41, 5.74) is 0. The van der Waals surface area contributed by atoms with Crippen LogP contribution in [-0.2, 0) is 4.74 Å². The Morgan fingerprint density at radius 3 is 2.35 bits per heavy atom. The molecule has 17 heavy (non-hydrogen) atoms. The molecule has 100 valence electrons. The van der Waals surface area contributed by atoms with Gasteiger partial charge in [-0.1, -0.05) is 38.8 Å². The fourth-order valence-electron chi connectivity index (χ4n) is 2.54. The van der Waals surface area contributed by atoms with E-state index in [1.165, 1.54) is 38.5 Å². The summed E-state index contributed by atoms with van der Waals surface area (Å²) in [5.74, 6) is 2.51. The lowest BCUT2D eigenvalue weighted by atomic mass is 9.82. The molecule has 1 rings (SSSR count). The predicted molar refractivity (Wildman–Crippen MR) is 75.1 cm³/mol. The molecule has 0 saturated heterocycles. The van der Waals surface area contributed by atoms with Gasteiger partial charge in [-0.25, -0.2) is 0 Å². The van der Waals surface area contributed by atoms with Crippen molar-refractivity contribution in [2.45, 2.75) is 65.4 Å². The van der Waals surface area contributed by atoms with Gasteiger partial charge in [-0.3, -0.25) is 0 Å². The smallest absolute Gasteiger partial charge is 0.0543 e. The number of allylic oxidation sites excluding steroid dienone is 2. The lowest BCUT2D eigenvalue weighted by Gasteiger charge is -2.24. The number of hydrogen-bond donors (Lipinski definition) is 0. The van der Waals surface area contributed by atoms with Crippen LogP contribution in [0.1, 0.15) is 59.3 Å². The Balaban J connectivity index is 2.18. The van der Waals surface area contributed by atoms with Crippen molar-refractivity contribution in [3.8, 4) is 0 Å². The van der Waals surface area contributed by atoms with Crippen LogP contribution in [0.15, 0.2) is 12.2 Å². The molecule has 1 aliphatic carbocycles. The minimum Gasteiger partial charge on any atom is -0.382 e. The first-order chi connectivity index (χ1) is 8.11. The van der Waals surface area contributed by atoms with Gasteiger partial charge in [0, 0.05) is 7.11 Å². The Kier molecular flexibility index (Phi) is 6.87. The highest BCUT2D eigenvalue weighted by molar-refractivity contribution is 4.93. The van der Waals surface area contributed by atoms with E-state index in [1.54, 1.807) is 7.11 Å². The first-order valence-electron chi connectivity index (χ1n) is 7.33. The van der Waals surface area contributed by atoms with Crippen molar-refractivity contribution in [3.05, 3.63) is 12.2 Å². The maximum absolute atomic E-state index is 5.28. The zero-order valence-electron chi connectivity index (χ0n) is 12.1. The SMILES string of the molecule is COC(C)CCC(C)/C=C/C1CCC(C)CC1. The van der Waals surface area contributed by atoms with Gasteiger partial charge < -0.3 is 4.74 Å². The lowest BCUT2D eigenvalue weighted by Crippen LogP contribution is -2.10. The van der Waals surface area contributed by atoms with E-state index in [1.807, 2.05) is 0 Å². The van der Waals surface area contributed by atoms with Crippen molar-refractivity contribution in [1.29, 1.82) is 0 Å². The second-order valence-electron chi connectivity index (χ2n) is 6.01. The highest BCUT2D eigenvalue weighted by atomic mass is 16.5. The Bertz CT molecular complexity index is 214. The molecule has 0 bridgehead atoms. The van der Waals surface area contributed by atoms with Gasteiger partial charge >= 0.3 is 0 Å². The third-order valence-corrected chi connectivity index (χ3v) is 4.20. The van der Waals surface area contributed by atoms with Gasteiger partial charge in [-0.05, 0) is 50.4 Å². The van der Waals surface area contributed by atoms with Crippen LogP contribution in [0.5, 0.6) is 0 Å². The molecule has 0 aromatic heterocycles. The molecule has 0 heterocycles.